The van der Waals surface area contributed by atoms with Crippen molar-refractivity contribution in [1.82, 2.24) is 0 Å². The highest BCUT2D eigenvalue weighted by Gasteiger charge is 2.24. The van der Waals surface area contributed by atoms with E-state index in [-0.39, 0.29) is 0 Å². The number of rotatable bonds is 8. The molecule has 1 aromatic heterocycles. The van der Waals surface area contributed by atoms with Gasteiger partial charge in [0.25, 0.3) is 0 Å². The first-order chi connectivity index (χ1) is 14.1. The number of hydrogen-bond donors (Lipinski definition) is 1. The van der Waals surface area contributed by atoms with E-state index in [1.807, 2.05) is 42.3 Å². The summed E-state index contributed by atoms with van der Waals surface area (Å²) in [5.74, 6) is -0.907. The molecule has 0 radical (unpaired) electrons. The Kier molecular flexibility index (Phi) is 6.43. The Morgan fingerprint density at radius 3 is 2.79 bits per heavy atom. The minimum Gasteiger partial charge on any atom is -0.479 e. The molecule has 0 spiro atoms. The molecule has 1 N–H and O–H groups in total. The summed E-state index contributed by atoms with van der Waals surface area (Å²) in [5, 5.41) is 12.8. The maximum absolute atomic E-state index is 11.3. The summed E-state index contributed by atoms with van der Waals surface area (Å²) in [6.07, 6.45) is 7.22. The molecule has 0 saturated heterocycles. The minimum absolute atomic E-state index is 0.396. The zero-order chi connectivity index (χ0) is 20.2. The van der Waals surface area contributed by atoms with Crippen molar-refractivity contribution in [2.24, 2.45) is 0 Å². The van der Waals surface area contributed by atoms with E-state index in [2.05, 4.69) is 40.0 Å². The van der Waals surface area contributed by atoms with E-state index in [9.17, 15) is 9.90 Å². The number of carboxylic acids is 1. The van der Waals surface area contributed by atoms with E-state index in [4.69, 9.17) is 4.74 Å². The molecule has 2 aromatic rings. The molecule has 1 unspecified atom stereocenters. The van der Waals surface area contributed by atoms with Crippen LogP contribution in [0.2, 0.25) is 0 Å². The number of benzene rings is 1. The number of allylic oxidation sites excluding steroid dienone is 3. The molecule has 0 amide bonds. The average Bonchev–Trinajstić information content (AvgIpc) is 3.33. The van der Waals surface area contributed by atoms with Gasteiger partial charge in [0.2, 0.25) is 0 Å². The second kappa shape index (κ2) is 9.20. The number of thiophene rings is 1. The number of anilines is 1. The summed E-state index contributed by atoms with van der Waals surface area (Å²) in [6, 6.07) is 10.5. The molecule has 2 heterocycles. The molecule has 6 heteroatoms. The normalized spacial score (nSPS) is 16.5. The van der Waals surface area contributed by atoms with Crippen LogP contribution in [0.15, 0.2) is 58.3 Å². The molecule has 0 saturated carbocycles. The number of fused-ring (bicyclic) bond motifs is 1. The quantitative estimate of drug-likeness (QED) is 0.583. The second-order valence-electron chi connectivity index (χ2n) is 7.25. The van der Waals surface area contributed by atoms with Gasteiger partial charge in [0.05, 0.1) is 0 Å². The Labute approximate surface area is 180 Å². The maximum atomic E-state index is 11.3. The van der Waals surface area contributed by atoms with Crippen LogP contribution in [-0.4, -0.2) is 30.3 Å². The van der Waals surface area contributed by atoms with Crippen molar-refractivity contribution in [3.05, 3.63) is 75.0 Å². The smallest absolute Gasteiger partial charge is 0.333 e. The lowest BCUT2D eigenvalue weighted by molar-refractivity contribution is -0.149. The van der Waals surface area contributed by atoms with Crippen molar-refractivity contribution in [1.29, 1.82) is 0 Å². The number of carboxylic acid groups (broad SMARTS) is 1. The van der Waals surface area contributed by atoms with E-state index >= 15 is 0 Å². The van der Waals surface area contributed by atoms with Gasteiger partial charge in [0.1, 0.15) is 5.00 Å². The van der Waals surface area contributed by atoms with Gasteiger partial charge in [-0.2, -0.15) is 0 Å². The van der Waals surface area contributed by atoms with E-state index < -0.39 is 12.1 Å². The van der Waals surface area contributed by atoms with Crippen molar-refractivity contribution in [2.75, 3.05) is 17.5 Å². The Hall–Kier alpha value is -2.02. The fourth-order valence-electron chi connectivity index (χ4n) is 3.70. The summed E-state index contributed by atoms with van der Waals surface area (Å²) < 4.78 is 7.75. The van der Waals surface area contributed by atoms with Gasteiger partial charge >= 0.3 is 5.97 Å². The van der Waals surface area contributed by atoms with Crippen molar-refractivity contribution < 1.29 is 14.6 Å². The maximum Gasteiger partial charge on any atom is 0.333 e. The topological polar surface area (TPSA) is 49.8 Å². The van der Waals surface area contributed by atoms with Crippen LogP contribution in [-0.2, 0) is 28.8 Å². The molecule has 2 aliphatic rings. The first-order valence-electron chi connectivity index (χ1n) is 9.96. The fraction of sp³-hybridized carbons (Fsp3) is 0.348. The Bertz CT molecular complexity index is 930. The van der Waals surface area contributed by atoms with Gasteiger partial charge in [-0.1, -0.05) is 36.4 Å². The second-order valence-corrected chi connectivity index (χ2v) is 9.21. The molecular formula is C23H25NO3S2. The monoisotopic (exact) mass is 427 g/mol. The van der Waals surface area contributed by atoms with Crippen molar-refractivity contribution >= 4 is 34.3 Å². The van der Waals surface area contributed by atoms with Gasteiger partial charge in [-0.3, -0.25) is 0 Å². The van der Waals surface area contributed by atoms with E-state index in [1.165, 1.54) is 26.6 Å². The highest BCUT2D eigenvalue weighted by atomic mass is 32.2. The van der Waals surface area contributed by atoms with Crippen LogP contribution in [0.1, 0.15) is 30.0 Å². The lowest BCUT2D eigenvalue weighted by Gasteiger charge is -2.22. The van der Waals surface area contributed by atoms with E-state index in [0.29, 0.717) is 13.0 Å². The van der Waals surface area contributed by atoms with Crippen LogP contribution in [0, 0.1) is 0 Å². The summed E-state index contributed by atoms with van der Waals surface area (Å²) in [5.41, 5.74) is 5.22. The Balaban J connectivity index is 1.40. The standard InChI is InChI=1S/C23H25NO3S2/c1-2-27-20(23(25)26)14-17-8-6-16(7-9-17)10-12-24-22-19(11-13-28-22)15-18-4-3-5-21(18)29-24/h3,5-9,11,13,20H,2,4,10,12,14-15H2,1H3,(H,25,26). The largest absolute Gasteiger partial charge is 0.479 e. The molecule has 152 valence electrons. The Morgan fingerprint density at radius 1 is 1.24 bits per heavy atom. The summed E-state index contributed by atoms with van der Waals surface area (Å²) >= 11 is 3.69. The van der Waals surface area contributed by atoms with E-state index in [1.54, 1.807) is 0 Å². The predicted octanol–water partition coefficient (Wildman–Crippen LogP) is 5.25. The van der Waals surface area contributed by atoms with Gasteiger partial charge in [-0.05, 0) is 71.8 Å². The zero-order valence-electron chi connectivity index (χ0n) is 16.5. The number of ether oxygens (including phenoxy) is 1. The first-order valence-corrected chi connectivity index (χ1v) is 11.6. The molecule has 1 atom stereocenters. The number of nitrogens with zero attached hydrogens (tertiary/aromatic N) is 1. The fourth-order valence-corrected chi connectivity index (χ4v) is 5.87. The van der Waals surface area contributed by atoms with Crippen molar-refractivity contribution in [2.45, 2.75) is 38.7 Å². The number of hydrogen-bond acceptors (Lipinski definition) is 5. The van der Waals surface area contributed by atoms with Crippen LogP contribution in [0.25, 0.3) is 0 Å². The molecule has 1 aliphatic heterocycles. The lowest BCUT2D eigenvalue weighted by atomic mass is 10.0. The first kappa shape index (κ1) is 20.3. The lowest BCUT2D eigenvalue weighted by Crippen LogP contribution is -2.26. The SMILES string of the molecule is CCOC(Cc1ccc(CCN2SC3=C(CC=C3)Cc3ccsc32)cc1)C(=O)O. The average molecular weight is 428 g/mol. The van der Waals surface area contributed by atoms with Crippen LogP contribution < -0.4 is 4.31 Å². The number of aliphatic carboxylic acids is 1. The van der Waals surface area contributed by atoms with Gasteiger partial charge in [-0.25, -0.2) is 4.79 Å². The molecule has 1 aliphatic carbocycles. The molecule has 29 heavy (non-hydrogen) atoms. The van der Waals surface area contributed by atoms with Gasteiger partial charge < -0.3 is 14.1 Å². The van der Waals surface area contributed by atoms with Crippen LogP contribution in [0.5, 0.6) is 0 Å². The highest BCUT2D eigenvalue weighted by Crippen LogP contribution is 2.44. The molecule has 1 aromatic carbocycles. The third-order valence-electron chi connectivity index (χ3n) is 5.24. The van der Waals surface area contributed by atoms with Crippen LogP contribution in [0.3, 0.4) is 0 Å². The predicted molar refractivity (Wildman–Crippen MR) is 121 cm³/mol. The third kappa shape index (κ3) is 4.77. The van der Waals surface area contributed by atoms with Crippen molar-refractivity contribution in [3.8, 4) is 0 Å². The van der Waals surface area contributed by atoms with E-state index in [0.717, 1.165) is 31.4 Å². The molecule has 0 bridgehead atoms. The summed E-state index contributed by atoms with van der Waals surface area (Å²) in [4.78, 5) is 12.7. The van der Waals surface area contributed by atoms with Crippen LogP contribution in [0.4, 0.5) is 5.00 Å². The highest BCUT2D eigenvalue weighted by molar-refractivity contribution is 8.04. The van der Waals surface area contributed by atoms with Crippen LogP contribution >= 0.6 is 23.3 Å². The van der Waals surface area contributed by atoms with Gasteiger partial charge in [0, 0.05) is 24.5 Å². The van der Waals surface area contributed by atoms with Gasteiger partial charge in [-0.15, -0.1) is 11.3 Å². The van der Waals surface area contributed by atoms with Crippen molar-refractivity contribution in [3.63, 3.8) is 0 Å². The number of carbonyl (C=O) groups is 1. The third-order valence-corrected chi connectivity index (χ3v) is 7.54. The summed E-state index contributed by atoms with van der Waals surface area (Å²) in [7, 11) is 0. The molecular weight excluding hydrogens is 402 g/mol. The molecule has 4 nitrogen and oxygen atoms in total. The zero-order valence-corrected chi connectivity index (χ0v) is 18.1. The minimum atomic E-state index is -0.907. The molecule has 0 fully saturated rings. The van der Waals surface area contributed by atoms with Gasteiger partial charge in [0.15, 0.2) is 6.10 Å². The molecule has 4 rings (SSSR count). The summed E-state index contributed by atoms with van der Waals surface area (Å²) in [6.45, 7) is 3.17. The Morgan fingerprint density at radius 2 is 2.03 bits per heavy atom.